The molecule has 2 nitrogen and oxygen atoms in total. The van der Waals surface area contributed by atoms with Gasteiger partial charge in [0.25, 0.3) is 0 Å². The average Bonchev–Trinajstić information content (AvgIpc) is 2.94. The van der Waals surface area contributed by atoms with Crippen molar-refractivity contribution >= 4 is 11.8 Å². The lowest BCUT2D eigenvalue weighted by atomic mass is 9.87. The minimum Gasteiger partial charge on any atom is -0.393 e. The van der Waals surface area contributed by atoms with Gasteiger partial charge in [0.05, 0.1) is 22.7 Å². The fourth-order valence-corrected chi connectivity index (χ4v) is 5.37. The third-order valence-corrected chi connectivity index (χ3v) is 7.20. The van der Waals surface area contributed by atoms with E-state index in [0.717, 1.165) is 57.8 Å². The Morgan fingerprint density at radius 1 is 0.708 bits per heavy atom. The van der Waals surface area contributed by atoms with Crippen molar-refractivity contribution in [1.29, 1.82) is 0 Å². The zero-order valence-corrected chi connectivity index (χ0v) is 15.5. The van der Waals surface area contributed by atoms with Gasteiger partial charge < -0.3 is 10.2 Å². The maximum atomic E-state index is 9.58. The molecule has 2 N–H and O–H groups in total. The molecule has 2 aliphatic carbocycles. The van der Waals surface area contributed by atoms with Crippen molar-refractivity contribution < 1.29 is 10.2 Å². The number of thioether (sulfide) groups is 1. The molecule has 3 heteroatoms. The zero-order chi connectivity index (χ0) is 16.9. The van der Waals surface area contributed by atoms with Gasteiger partial charge >= 0.3 is 0 Å². The molecule has 24 heavy (non-hydrogen) atoms. The maximum Gasteiger partial charge on any atom is 0.0695 e. The van der Waals surface area contributed by atoms with E-state index in [1.807, 2.05) is 11.8 Å². The highest BCUT2D eigenvalue weighted by Crippen LogP contribution is 2.38. The molecule has 3 rings (SSSR count). The molecule has 0 aromatic carbocycles. The van der Waals surface area contributed by atoms with Crippen LogP contribution in [0.15, 0.2) is 0 Å². The monoisotopic (exact) mass is 346 g/mol. The Hall–Kier alpha value is -0.610. The van der Waals surface area contributed by atoms with E-state index in [1.54, 1.807) is 0 Å². The maximum absolute atomic E-state index is 9.58. The van der Waals surface area contributed by atoms with E-state index in [0.29, 0.717) is 28.3 Å². The second kappa shape index (κ2) is 8.66. The van der Waals surface area contributed by atoms with Gasteiger partial charge in [0.15, 0.2) is 0 Å². The molecule has 0 spiro atoms. The Labute approximate surface area is 151 Å². The Morgan fingerprint density at radius 3 is 1.75 bits per heavy atom. The molecule has 3 fully saturated rings. The molecule has 3 unspecified atom stereocenters. The van der Waals surface area contributed by atoms with Crippen LogP contribution in [0.2, 0.25) is 0 Å². The molecule has 1 aliphatic heterocycles. The third kappa shape index (κ3) is 5.19. The van der Waals surface area contributed by atoms with Gasteiger partial charge in [-0.25, -0.2) is 0 Å². The molecule has 1 heterocycles. The van der Waals surface area contributed by atoms with Crippen molar-refractivity contribution in [2.45, 2.75) is 87.4 Å². The highest BCUT2D eigenvalue weighted by molar-refractivity contribution is 8.01. The van der Waals surface area contributed by atoms with Gasteiger partial charge in [0, 0.05) is 11.8 Å². The highest BCUT2D eigenvalue weighted by Gasteiger charge is 2.30. The third-order valence-electron chi connectivity index (χ3n) is 5.69. The van der Waals surface area contributed by atoms with E-state index < -0.39 is 0 Å². The van der Waals surface area contributed by atoms with Crippen molar-refractivity contribution in [2.24, 2.45) is 17.8 Å². The van der Waals surface area contributed by atoms with Crippen LogP contribution in [-0.2, 0) is 0 Å². The van der Waals surface area contributed by atoms with Crippen molar-refractivity contribution in [2.75, 3.05) is 0 Å². The largest absolute Gasteiger partial charge is 0.393 e. The molecular weight excluding hydrogens is 316 g/mol. The van der Waals surface area contributed by atoms with Crippen LogP contribution in [0.3, 0.4) is 0 Å². The van der Waals surface area contributed by atoms with Crippen LogP contribution in [0.25, 0.3) is 0 Å². The van der Waals surface area contributed by atoms with E-state index >= 15 is 0 Å². The minimum absolute atomic E-state index is 0.0931. The first-order valence-electron chi connectivity index (χ1n) is 9.64. The smallest absolute Gasteiger partial charge is 0.0695 e. The van der Waals surface area contributed by atoms with Crippen LogP contribution in [-0.4, -0.2) is 32.9 Å². The molecule has 0 amide bonds. The fourth-order valence-electron chi connectivity index (χ4n) is 3.95. The first kappa shape index (κ1) is 18.2. The van der Waals surface area contributed by atoms with Gasteiger partial charge in [-0.1, -0.05) is 30.6 Å². The summed E-state index contributed by atoms with van der Waals surface area (Å²) in [5.41, 5.74) is 0. The van der Waals surface area contributed by atoms with Crippen molar-refractivity contribution in [1.82, 2.24) is 0 Å². The Morgan fingerprint density at radius 2 is 1.21 bits per heavy atom. The molecule has 2 saturated carbocycles. The van der Waals surface area contributed by atoms with Crippen LogP contribution >= 0.6 is 11.8 Å². The summed E-state index contributed by atoms with van der Waals surface area (Å²) in [6.07, 6.45) is 8.83. The molecule has 0 aromatic heterocycles. The van der Waals surface area contributed by atoms with Gasteiger partial charge in [0.1, 0.15) is 0 Å². The predicted octanol–water partition coefficient (Wildman–Crippen LogP) is 3.61. The zero-order valence-electron chi connectivity index (χ0n) is 14.7. The molecular formula is C21H30O2S. The molecule has 3 atom stereocenters. The molecule has 132 valence electrons. The van der Waals surface area contributed by atoms with Crippen LogP contribution in [0, 0.1) is 41.4 Å². The van der Waals surface area contributed by atoms with Gasteiger partial charge in [-0.05, 0) is 63.7 Å². The van der Waals surface area contributed by atoms with Crippen LogP contribution < -0.4 is 0 Å². The van der Waals surface area contributed by atoms with Crippen LogP contribution in [0.1, 0.15) is 64.7 Å². The Balaban J connectivity index is 1.48. The summed E-state index contributed by atoms with van der Waals surface area (Å²) in [5, 5.41) is 20.0. The lowest BCUT2D eigenvalue weighted by Crippen LogP contribution is -2.17. The van der Waals surface area contributed by atoms with E-state index in [2.05, 4.69) is 30.6 Å². The number of rotatable bonds is 0. The van der Waals surface area contributed by atoms with Gasteiger partial charge in [0.2, 0.25) is 0 Å². The van der Waals surface area contributed by atoms with Crippen molar-refractivity contribution in [3.8, 4) is 23.7 Å². The van der Waals surface area contributed by atoms with E-state index in [1.165, 1.54) is 0 Å². The summed E-state index contributed by atoms with van der Waals surface area (Å²) < 4.78 is 0. The fraction of sp³-hybridized carbons (Fsp3) is 0.810. The van der Waals surface area contributed by atoms with E-state index in [4.69, 9.17) is 0 Å². The molecule has 0 radical (unpaired) electrons. The molecule has 0 aromatic rings. The SMILES string of the molecule is CC1CC(C#CC2CCC(O)CC2)SC1C#CC1CCC(O)CC1. The van der Waals surface area contributed by atoms with Crippen LogP contribution in [0.5, 0.6) is 0 Å². The number of aliphatic hydroxyl groups excluding tert-OH is 2. The summed E-state index contributed by atoms with van der Waals surface area (Å²) in [5.74, 6) is 15.6. The first-order valence-corrected chi connectivity index (χ1v) is 10.6. The van der Waals surface area contributed by atoms with Gasteiger partial charge in [-0.2, -0.15) is 0 Å². The summed E-state index contributed by atoms with van der Waals surface area (Å²) >= 11 is 1.95. The molecule has 3 aliphatic rings. The summed E-state index contributed by atoms with van der Waals surface area (Å²) in [7, 11) is 0. The predicted molar refractivity (Wildman–Crippen MR) is 100 cm³/mol. The Kier molecular flexibility index (Phi) is 6.56. The minimum atomic E-state index is -0.0941. The van der Waals surface area contributed by atoms with Crippen molar-refractivity contribution in [3.63, 3.8) is 0 Å². The second-order valence-corrected chi connectivity index (χ2v) is 9.20. The van der Waals surface area contributed by atoms with Gasteiger partial charge in [-0.3, -0.25) is 0 Å². The topological polar surface area (TPSA) is 40.5 Å². The van der Waals surface area contributed by atoms with E-state index in [-0.39, 0.29) is 12.2 Å². The normalized spacial score (nSPS) is 42.5. The number of aliphatic hydroxyl groups is 2. The van der Waals surface area contributed by atoms with Crippen LogP contribution in [0.4, 0.5) is 0 Å². The second-order valence-electron chi connectivity index (χ2n) is 7.85. The van der Waals surface area contributed by atoms with Gasteiger partial charge in [-0.15, -0.1) is 11.8 Å². The summed E-state index contributed by atoms with van der Waals surface area (Å²) in [6.45, 7) is 2.30. The highest BCUT2D eigenvalue weighted by atomic mass is 32.2. The average molecular weight is 347 g/mol. The van der Waals surface area contributed by atoms with Crippen molar-refractivity contribution in [3.05, 3.63) is 0 Å². The summed E-state index contributed by atoms with van der Waals surface area (Å²) in [4.78, 5) is 0. The number of hydrogen-bond acceptors (Lipinski definition) is 3. The molecule has 0 bridgehead atoms. The Bertz CT molecular complexity index is 522. The standard InChI is InChI=1S/C21H30O2S/c1-15-14-20(12-6-16-2-8-18(22)9-3-16)24-21(15)13-7-17-4-10-19(23)11-5-17/h15-23H,2-5,8-11,14H2,1H3. The molecule has 1 saturated heterocycles. The lowest BCUT2D eigenvalue weighted by Gasteiger charge is -2.21. The quantitative estimate of drug-likeness (QED) is 0.658. The lowest BCUT2D eigenvalue weighted by molar-refractivity contribution is 0.119. The number of hydrogen-bond donors (Lipinski definition) is 2. The first-order chi connectivity index (χ1) is 11.6. The summed E-state index contributed by atoms with van der Waals surface area (Å²) in [6, 6.07) is 0. The van der Waals surface area contributed by atoms with E-state index in [9.17, 15) is 10.2 Å².